The second-order valence-electron chi connectivity index (χ2n) is 5.15. The fourth-order valence-corrected chi connectivity index (χ4v) is 1.92. The van der Waals surface area contributed by atoms with Gasteiger partial charge in [0.05, 0.1) is 10.7 Å². The van der Waals surface area contributed by atoms with Crippen LogP contribution < -0.4 is 10.6 Å². The molecule has 0 bridgehead atoms. The molecule has 0 saturated carbocycles. The number of halogens is 7. The minimum absolute atomic E-state index is 0.0731. The summed E-state index contributed by atoms with van der Waals surface area (Å²) in [6.07, 6.45) is -11.7. The molecule has 0 heterocycles. The van der Waals surface area contributed by atoms with E-state index in [0.29, 0.717) is 0 Å². The van der Waals surface area contributed by atoms with Crippen molar-refractivity contribution in [1.29, 1.82) is 0 Å². The monoisotopic (exact) mass is 376 g/mol. The van der Waals surface area contributed by atoms with Gasteiger partial charge < -0.3 is 10.6 Å². The van der Waals surface area contributed by atoms with Crippen molar-refractivity contribution >= 4 is 23.2 Å². The number of para-hydroxylation sites is 1. The lowest BCUT2D eigenvalue weighted by Gasteiger charge is -2.39. The van der Waals surface area contributed by atoms with Gasteiger partial charge in [-0.05, 0) is 18.6 Å². The van der Waals surface area contributed by atoms with Gasteiger partial charge in [-0.25, -0.2) is 0 Å². The smallest absolute Gasteiger partial charge is 0.346 e. The Labute approximate surface area is 139 Å². The summed E-state index contributed by atoms with van der Waals surface area (Å²) in [6.45, 7) is 2.69. The zero-order chi connectivity index (χ0) is 18.8. The first-order valence-electron chi connectivity index (χ1n) is 6.84. The molecule has 0 unspecified atom stereocenters. The second kappa shape index (κ2) is 7.08. The fraction of sp³-hybridized carbons (Fsp3) is 0.500. The Morgan fingerprint density at radius 2 is 1.62 bits per heavy atom. The van der Waals surface area contributed by atoms with Gasteiger partial charge in [-0.2, -0.15) is 26.3 Å². The van der Waals surface area contributed by atoms with Gasteiger partial charge in [0.25, 0.3) is 0 Å². The number of nitrogens with one attached hydrogen (secondary N) is 2. The van der Waals surface area contributed by atoms with Crippen molar-refractivity contribution in [2.45, 2.75) is 38.3 Å². The van der Waals surface area contributed by atoms with E-state index in [-0.39, 0.29) is 11.4 Å². The van der Waals surface area contributed by atoms with Gasteiger partial charge >= 0.3 is 18.0 Å². The molecule has 0 saturated heterocycles. The van der Waals surface area contributed by atoms with E-state index in [2.05, 4.69) is 0 Å². The maximum atomic E-state index is 13.4. The van der Waals surface area contributed by atoms with Gasteiger partial charge in [0.2, 0.25) is 5.91 Å². The van der Waals surface area contributed by atoms with E-state index in [9.17, 15) is 31.1 Å². The van der Waals surface area contributed by atoms with Crippen molar-refractivity contribution < 1.29 is 31.1 Å². The lowest BCUT2D eigenvalue weighted by atomic mass is 10.0. The molecule has 1 atom stereocenters. The lowest BCUT2D eigenvalue weighted by molar-refractivity contribution is -0.296. The summed E-state index contributed by atoms with van der Waals surface area (Å²) in [6, 6.07) is 4.62. The van der Waals surface area contributed by atoms with Gasteiger partial charge in [0, 0.05) is 5.92 Å². The van der Waals surface area contributed by atoms with Crippen molar-refractivity contribution in [1.82, 2.24) is 5.32 Å². The van der Waals surface area contributed by atoms with E-state index in [0.717, 1.165) is 17.4 Å². The Balaban J connectivity index is 3.43. The zero-order valence-corrected chi connectivity index (χ0v) is 13.4. The van der Waals surface area contributed by atoms with Crippen LogP contribution in [0.15, 0.2) is 24.3 Å². The third-order valence-electron chi connectivity index (χ3n) is 3.42. The van der Waals surface area contributed by atoms with Crippen LogP contribution in [0.25, 0.3) is 0 Å². The number of alkyl halides is 6. The van der Waals surface area contributed by atoms with E-state index >= 15 is 0 Å². The number of anilines is 1. The normalized spacial score (nSPS) is 14.2. The Hall–Kier alpha value is -1.64. The molecule has 1 aromatic carbocycles. The minimum atomic E-state index is -5.87. The summed E-state index contributed by atoms with van der Waals surface area (Å²) >= 11 is 5.65. The van der Waals surface area contributed by atoms with Gasteiger partial charge in [-0.1, -0.05) is 37.6 Å². The molecule has 0 fully saturated rings. The number of carbonyl (C=O) groups excluding carboxylic acids is 1. The molecule has 24 heavy (non-hydrogen) atoms. The molecule has 136 valence electrons. The highest BCUT2D eigenvalue weighted by atomic mass is 35.5. The molecule has 0 aliphatic rings. The average Bonchev–Trinajstić information content (AvgIpc) is 2.45. The van der Waals surface area contributed by atoms with Crippen LogP contribution >= 0.6 is 11.6 Å². The molecule has 0 spiro atoms. The van der Waals surface area contributed by atoms with E-state index in [1.165, 1.54) is 31.3 Å². The Morgan fingerprint density at radius 1 is 1.12 bits per heavy atom. The van der Waals surface area contributed by atoms with Crippen molar-refractivity contribution in [2.24, 2.45) is 5.92 Å². The van der Waals surface area contributed by atoms with Crippen LogP contribution in [-0.2, 0) is 4.79 Å². The minimum Gasteiger partial charge on any atom is -0.346 e. The van der Waals surface area contributed by atoms with Gasteiger partial charge in [-0.15, -0.1) is 0 Å². The van der Waals surface area contributed by atoms with E-state index < -0.39 is 35.5 Å². The van der Waals surface area contributed by atoms with Crippen molar-refractivity contribution in [2.75, 3.05) is 5.32 Å². The molecule has 1 rings (SSSR count). The zero-order valence-electron chi connectivity index (χ0n) is 12.6. The largest absolute Gasteiger partial charge is 0.439 e. The summed E-state index contributed by atoms with van der Waals surface area (Å²) in [5, 5.41) is 2.06. The molecule has 0 aliphatic carbocycles. The maximum absolute atomic E-state index is 13.4. The first-order chi connectivity index (χ1) is 10.9. The van der Waals surface area contributed by atoms with Crippen LogP contribution in [0.5, 0.6) is 0 Å². The van der Waals surface area contributed by atoms with Crippen LogP contribution in [0, 0.1) is 5.92 Å². The van der Waals surface area contributed by atoms with Crippen LogP contribution in [-0.4, -0.2) is 23.9 Å². The summed E-state index contributed by atoms with van der Waals surface area (Å²) in [7, 11) is 0. The van der Waals surface area contributed by atoms with Crippen LogP contribution in [0.3, 0.4) is 0 Å². The summed E-state index contributed by atoms with van der Waals surface area (Å²) in [5.74, 6) is -2.42. The fourth-order valence-electron chi connectivity index (χ4n) is 1.73. The Morgan fingerprint density at radius 3 is 2.04 bits per heavy atom. The summed E-state index contributed by atoms with van der Waals surface area (Å²) in [5.41, 5.74) is -5.27. The van der Waals surface area contributed by atoms with Crippen LogP contribution in [0.4, 0.5) is 32.0 Å². The number of benzene rings is 1. The first-order valence-corrected chi connectivity index (χ1v) is 7.21. The number of hydrogen-bond donors (Lipinski definition) is 2. The van der Waals surface area contributed by atoms with Crippen LogP contribution in [0.1, 0.15) is 20.3 Å². The molecule has 1 aromatic rings. The first kappa shape index (κ1) is 20.4. The van der Waals surface area contributed by atoms with E-state index in [1.807, 2.05) is 0 Å². The molecule has 0 radical (unpaired) electrons. The topological polar surface area (TPSA) is 41.1 Å². The van der Waals surface area contributed by atoms with Gasteiger partial charge in [0.15, 0.2) is 0 Å². The highest BCUT2D eigenvalue weighted by Crippen LogP contribution is 2.44. The van der Waals surface area contributed by atoms with E-state index in [4.69, 9.17) is 11.6 Å². The average molecular weight is 377 g/mol. The predicted molar refractivity (Wildman–Crippen MR) is 77.5 cm³/mol. The third-order valence-corrected chi connectivity index (χ3v) is 3.75. The number of amides is 1. The lowest BCUT2D eigenvalue weighted by Crippen LogP contribution is -2.72. The van der Waals surface area contributed by atoms with Crippen molar-refractivity contribution in [3.63, 3.8) is 0 Å². The van der Waals surface area contributed by atoms with Crippen LogP contribution in [0.2, 0.25) is 5.02 Å². The molecule has 1 amide bonds. The highest BCUT2D eigenvalue weighted by Gasteiger charge is 2.72. The van der Waals surface area contributed by atoms with Crippen molar-refractivity contribution in [3.8, 4) is 0 Å². The Bertz CT molecular complexity index is 573. The predicted octanol–water partition coefficient (Wildman–Crippen LogP) is 4.74. The number of hydrogen-bond acceptors (Lipinski definition) is 2. The van der Waals surface area contributed by atoms with Gasteiger partial charge in [0.1, 0.15) is 0 Å². The standard InChI is InChI=1S/C14H15ClF6N2O/c1-3-8(2)11(24)23-12(13(16,17)18,14(19,20)21)22-10-7-5-4-6-9(10)15/h4-8,22H,3H2,1-2H3,(H,23,24)/t8-/m0/s1. The molecule has 2 N–H and O–H groups in total. The third kappa shape index (κ3) is 4.06. The molecular formula is C14H15ClF6N2O. The SMILES string of the molecule is CC[C@H](C)C(=O)NC(Nc1ccccc1Cl)(C(F)(F)F)C(F)(F)F. The molecule has 3 nitrogen and oxygen atoms in total. The summed E-state index contributed by atoms with van der Waals surface area (Å²) in [4.78, 5) is 11.8. The Kier molecular flexibility index (Phi) is 6.02. The molecule has 10 heteroatoms. The number of carbonyl (C=O) groups is 1. The quantitative estimate of drug-likeness (QED) is 0.576. The number of rotatable bonds is 5. The van der Waals surface area contributed by atoms with E-state index in [1.54, 1.807) is 0 Å². The van der Waals surface area contributed by atoms with Crippen molar-refractivity contribution in [3.05, 3.63) is 29.3 Å². The van der Waals surface area contributed by atoms with Gasteiger partial charge in [-0.3, -0.25) is 4.79 Å². The maximum Gasteiger partial charge on any atom is 0.439 e. The molecule has 0 aromatic heterocycles. The molecular weight excluding hydrogens is 362 g/mol. The second-order valence-corrected chi connectivity index (χ2v) is 5.56. The summed E-state index contributed by atoms with van der Waals surface area (Å²) < 4.78 is 80.3. The highest BCUT2D eigenvalue weighted by molar-refractivity contribution is 6.33. The molecule has 0 aliphatic heterocycles.